The number of amides is 1. The van der Waals surface area contributed by atoms with Crippen molar-refractivity contribution in [3.05, 3.63) is 46.3 Å². The predicted octanol–water partition coefficient (Wildman–Crippen LogP) is 2.47. The summed E-state index contributed by atoms with van der Waals surface area (Å²) in [6.07, 6.45) is 1.61. The fraction of sp³-hybridized carbons (Fsp3) is 0.231. The second-order valence-electron chi connectivity index (χ2n) is 3.55. The fourth-order valence-electron chi connectivity index (χ4n) is 1.49. The fourth-order valence-corrected chi connectivity index (χ4v) is 2.14. The number of aromatic nitrogens is 1. The number of hydrogen-bond acceptors (Lipinski definition) is 4. The van der Waals surface area contributed by atoms with Crippen molar-refractivity contribution in [3.8, 4) is 5.88 Å². The second-order valence-corrected chi connectivity index (χ2v) is 4.58. The van der Waals surface area contributed by atoms with Gasteiger partial charge in [0.05, 0.1) is 13.2 Å². The molecule has 94 valence electrons. The Kier molecular flexibility index (Phi) is 4.30. The first-order valence-corrected chi connectivity index (χ1v) is 6.57. The monoisotopic (exact) mass is 262 g/mol. The van der Waals surface area contributed by atoms with Crippen molar-refractivity contribution in [2.24, 2.45) is 0 Å². The number of hydrogen-bond donors (Lipinski definition) is 1. The van der Waals surface area contributed by atoms with Gasteiger partial charge in [-0.05, 0) is 30.5 Å². The normalized spacial score (nSPS) is 10.1. The van der Waals surface area contributed by atoms with E-state index in [2.05, 4.69) is 10.3 Å². The average molecular weight is 262 g/mol. The quantitative estimate of drug-likeness (QED) is 0.900. The molecule has 0 spiro atoms. The molecule has 2 aromatic heterocycles. The Labute approximate surface area is 110 Å². The molecule has 0 saturated heterocycles. The molecule has 0 bridgehead atoms. The van der Waals surface area contributed by atoms with Crippen molar-refractivity contribution in [1.29, 1.82) is 0 Å². The van der Waals surface area contributed by atoms with E-state index in [4.69, 9.17) is 4.74 Å². The van der Waals surface area contributed by atoms with E-state index in [9.17, 15) is 4.79 Å². The molecule has 0 aliphatic heterocycles. The molecule has 0 aromatic carbocycles. The van der Waals surface area contributed by atoms with Gasteiger partial charge in [0.25, 0.3) is 5.91 Å². The lowest BCUT2D eigenvalue weighted by Crippen LogP contribution is -2.23. The van der Waals surface area contributed by atoms with Gasteiger partial charge in [-0.1, -0.05) is 6.07 Å². The highest BCUT2D eigenvalue weighted by Crippen LogP contribution is 2.14. The summed E-state index contributed by atoms with van der Waals surface area (Å²) < 4.78 is 5.33. The van der Waals surface area contributed by atoms with Crippen molar-refractivity contribution in [3.63, 3.8) is 0 Å². The smallest absolute Gasteiger partial charge is 0.257 e. The second kappa shape index (κ2) is 6.16. The van der Waals surface area contributed by atoms with E-state index in [-0.39, 0.29) is 5.91 Å². The molecule has 0 unspecified atom stereocenters. The van der Waals surface area contributed by atoms with Gasteiger partial charge in [-0.3, -0.25) is 4.79 Å². The summed E-state index contributed by atoms with van der Waals surface area (Å²) in [5.41, 5.74) is 0.468. The lowest BCUT2D eigenvalue weighted by Gasteiger charge is -2.08. The first-order chi connectivity index (χ1) is 8.81. The van der Waals surface area contributed by atoms with E-state index < -0.39 is 0 Å². The Bertz CT molecular complexity index is 511. The first-order valence-electron chi connectivity index (χ1n) is 5.69. The number of nitrogens with one attached hydrogen (secondary N) is 1. The highest BCUT2D eigenvalue weighted by Gasteiger charge is 2.12. The maximum absolute atomic E-state index is 12.0. The molecule has 0 saturated carbocycles. The molecule has 0 aliphatic rings. The molecular formula is C13H14N2O2S. The van der Waals surface area contributed by atoms with Crippen molar-refractivity contribution in [2.75, 3.05) is 6.61 Å². The highest BCUT2D eigenvalue weighted by atomic mass is 32.1. The molecule has 0 atom stereocenters. The van der Waals surface area contributed by atoms with E-state index in [0.717, 1.165) is 4.88 Å². The minimum Gasteiger partial charge on any atom is -0.477 e. The summed E-state index contributed by atoms with van der Waals surface area (Å²) in [5, 5.41) is 4.83. The van der Waals surface area contributed by atoms with Gasteiger partial charge >= 0.3 is 0 Å². The summed E-state index contributed by atoms with van der Waals surface area (Å²) >= 11 is 1.61. The average Bonchev–Trinajstić information content (AvgIpc) is 2.90. The van der Waals surface area contributed by atoms with Crippen LogP contribution >= 0.6 is 11.3 Å². The summed E-state index contributed by atoms with van der Waals surface area (Å²) in [7, 11) is 0. The third-order valence-electron chi connectivity index (χ3n) is 2.30. The number of ether oxygens (including phenoxy) is 1. The molecule has 0 aliphatic carbocycles. The van der Waals surface area contributed by atoms with E-state index in [0.29, 0.717) is 24.6 Å². The number of thiophene rings is 1. The number of pyridine rings is 1. The van der Waals surface area contributed by atoms with Crippen molar-refractivity contribution < 1.29 is 9.53 Å². The minimum atomic E-state index is -0.167. The zero-order valence-corrected chi connectivity index (χ0v) is 10.9. The molecule has 2 aromatic rings. The van der Waals surface area contributed by atoms with E-state index in [1.54, 1.807) is 29.7 Å². The molecule has 0 radical (unpaired) electrons. The van der Waals surface area contributed by atoms with E-state index >= 15 is 0 Å². The molecule has 1 N–H and O–H groups in total. The van der Waals surface area contributed by atoms with Gasteiger partial charge in [-0.2, -0.15) is 0 Å². The maximum Gasteiger partial charge on any atom is 0.257 e. The van der Waals surface area contributed by atoms with E-state index in [1.165, 1.54) is 0 Å². The van der Waals surface area contributed by atoms with Gasteiger partial charge in [0.1, 0.15) is 5.56 Å². The first kappa shape index (κ1) is 12.6. The molecular weight excluding hydrogens is 248 g/mol. The predicted molar refractivity (Wildman–Crippen MR) is 70.9 cm³/mol. The Balaban J connectivity index is 2.04. The van der Waals surface area contributed by atoms with Crippen LogP contribution in [-0.2, 0) is 6.54 Å². The van der Waals surface area contributed by atoms with Crippen LogP contribution in [0.5, 0.6) is 5.88 Å². The van der Waals surface area contributed by atoms with Gasteiger partial charge in [0.15, 0.2) is 0 Å². The van der Waals surface area contributed by atoms with Gasteiger partial charge < -0.3 is 10.1 Å². The van der Waals surface area contributed by atoms with Crippen LogP contribution in [0, 0.1) is 0 Å². The van der Waals surface area contributed by atoms with Crippen molar-refractivity contribution >= 4 is 17.2 Å². The number of nitrogens with zero attached hydrogens (tertiary/aromatic N) is 1. The standard InChI is InChI=1S/C13H14N2O2S/c1-2-17-13-11(6-3-7-14-13)12(16)15-9-10-5-4-8-18-10/h3-8H,2,9H2,1H3,(H,15,16). The van der Waals surface area contributed by atoms with Crippen LogP contribution in [0.3, 0.4) is 0 Å². The third kappa shape index (κ3) is 3.07. The summed E-state index contributed by atoms with van der Waals surface area (Å²) in [5.74, 6) is 0.212. The zero-order valence-electron chi connectivity index (χ0n) is 10.1. The summed E-state index contributed by atoms with van der Waals surface area (Å²) in [4.78, 5) is 17.2. The molecule has 0 fully saturated rings. The summed E-state index contributed by atoms with van der Waals surface area (Å²) in [6, 6.07) is 7.38. The number of rotatable bonds is 5. The third-order valence-corrected chi connectivity index (χ3v) is 3.18. The molecule has 2 heterocycles. The van der Waals surface area contributed by atoms with Crippen LogP contribution in [0.25, 0.3) is 0 Å². The van der Waals surface area contributed by atoms with Gasteiger partial charge in [0, 0.05) is 11.1 Å². The van der Waals surface area contributed by atoms with Gasteiger partial charge in [-0.25, -0.2) is 4.98 Å². The number of carbonyl (C=O) groups excluding carboxylic acids is 1. The lowest BCUT2D eigenvalue weighted by molar-refractivity contribution is 0.0946. The Morgan fingerprint density at radius 2 is 2.33 bits per heavy atom. The van der Waals surface area contributed by atoms with Crippen LogP contribution < -0.4 is 10.1 Å². The van der Waals surface area contributed by atoms with Crippen LogP contribution in [-0.4, -0.2) is 17.5 Å². The van der Waals surface area contributed by atoms with Crippen LogP contribution in [0.2, 0.25) is 0 Å². The lowest BCUT2D eigenvalue weighted by atomic mass is 10.2. The Morgan fingerprint density at radius 1 is 1.44 bits per heavy atom. The molecule has 5 heteroatoms. The van der Waals surface area contributed by atoms with Crippen molar-refractivity contribution in [2.45, 2.75) is 13.5 Å². The Morgan fingerprint density at radius 3 is 3.06 bits per heavy atom. The van der Waals surface area contributed by atoms with Gasteiger partial charge in [0.2, 0.25) is 5.88 Å². The topological polar surface area (TPSA) is 51.2 Å². The highest BCUT2D eigenvalue weighted by molar-refractivity contribution is 7.09. The number of carbonyl (C=O) groups is 1. The summed E-state index contributed by atoms with van der Waals surface area (Å²) in [6.45, 7) is 2.88. The van der Waals surface area contributed by atoms with Gasteiger partial charge in [-0.15, -0.1) is 11.3 Å². The SMILES string of the molecule is CCOc1ncccc1C(=O)NCc1cccs1. The minimum absolute atomic E-state index is 0.167. The largest absolute Gasteiger partial charge is 0.477 e. The Hall–Kier alpha value is -1.88. The maximum atomic E-state index is 12.0. The van der Waals surface area contributed by atoms with Crippen LogP contribution in [0.4, 0.5) is 0 Å². The molecule has 1 amide bonds. The molecule has 4 nitrogen and oxygen atoms in total. The van der Waals surface area contributed by atoms with E-state index in [1.807, 2.05) is 24.4 Å². The van der Waals surface area contributed by atoms with Crippen LogP contribution in [0.1, 0.15) is 22.2 Å². The van der Waals surface area contributed by atoms with Crippen molar-refractivity contribution in [1.82, 2.24) is 10.3 Å². The zero-order chi connectivity index (χ0) is 12.8. The van der Waals surface area contributed by atoms with Crippen LogP contribution in [0.15, 0.2) is 35.8 Å². The molecule has 18 heavy (non-hydrogen) atoms. The molecule has 2 rings (SSSR count).